The Morgan fingerprint density at radius 3 is 3.00 bits per heavy atom. The number of likely N-dealkylation sites (tertiary alicyclic amines) is 1. The van der Waals surface area contributed by atoms with Crippen LogP contribution in [0.3, 0.4) is 0 Å². The molecule has 1 fully saturated rings. The van der Waals surface area contributed by atoms with Gasteiger partial charge in [0.2, 0.25) is 5.91 Å². The van der Waals surface area contributed by atoms with Crippen LogP contribution in [0.15, 0.2) is 18.3 Å². The molecule has 1 aliphatic heterocycles. The summed E-state index contributed by atoms with van der Waals surface area (Å²) >= 11 is 5.68. The normalized spacial score (nSPS) is 19.9. The molecule has 1 atom stereocenters. The van der Waals surface area contributed by atoms with Crippen LogP contribution >= 0.6 is 11.6 Å². The molecule has 0 spiro atoms. The van der Waals surface area contributed by atoms with Gasteiger partial charge in [-0.1, -0.05) is 17.7 Å². The second kappa shape index (κ2) is 4.54. The molecule has 1 aromatic heterocycles. The minimum atomic E-state index is 0.0489. The number of carbonyl (C=O) groups excluding carboxylic acids is 1. The van der Waals surface area contributed by atoms with Crippen molar-refractivity contribution in [2.75, 3.05) is 6.54 Å². The van der Waals surface area contributed by atoms with Crippen LogP contribution < -0.4 is 0 Å². The van der Waals surface area contributed by atoms with Gasteiger partial charge in [-0.15, -0.1) is 12.3 Å². The molecule has 0 radical (unpaired) electrons. The average molecular weight is 235 g/mol. The lowest BCUT2D eigenvalue weighted by Gasteiger charge is -2.15. The largest absolute Gasteiger partial charge is 0.337 e. The van der Waals surface area contributed by atoms with E-state index in [1.807, 2.05) is 6.07 Å². The highest BCUT2D eigenvalue weighted by molar-refractivity contribution is 6.29. The predicted molar refractivity (Wildman–Crippen MR) is 61.6 cm³/mol. The first-order valence-corrected chi connectivity index (χ1v) is 5.41. The molecule has 16 heavy (non-hydrogen) atoms. The lowest BCUT2D eigenvalue weighted by atomic mass is 10.1. The summed E-state index contributed by atoms with van der Waals surface area (Å²) in [6.45, 7) is 1.19. The highest BCUT2D eigenvalue weighted by atomic mass is 35.5. The zero-order valence-electron chi connectivity index (χ0n) is 8.69. The van der Waals surface area contributed by atoms with E-state index in [0.717, 1.165) is 5.56 Å². The van der Waals surface area contributed by atoms with Gasteiger partial charge in [-0.3, -0.25) is 4.79 Å². The van der Waals surface area contributed by atoms with E-state index in [0.29, 0.717) is 24.7 Å². The molecule has 2 heterocycles. The molecule has 3 nitrogen and oxygen atoms in total. The van der Waals surface area contributed by atoms with Gasteiger partial charge >= 0.3 is 0 Å². The zero-order valence-corrected chi connectivity index (χ0v) is 9.44. The molecule has 82 valence electrons. The molecule has 1 unspecified atom stereocenters. The molecule has 0 aromatic carbocycles. The van der Waals surface area contributed by atoms with Crippen molar-refractivity contribution in [3.63, 3.8) is 0 Å². The molecule has 2 rings (SSSR count). The zero-order chi connectivity index (χ0) is 11.5. The molecule has 1 saturated heterocycles. The monoisotopic (exact) mass is 234 g/mol. The molecule has 1 amide bonds. The van der Waals surface area contributed by atoms with Gasteiger partial charge in [0.15, 0.2) is 0 Å². The maximum Gasteiger partial charge on any atom is 0.224 e. The summed E-state index contributed by atoms with van der Waals surface area (Å²) in [7, 11) is 0. The lowest BCUT2D eigenvalue weighted by Crippen LogP contribution is -2.24. The van der Waals surface area contributed by atoms with E-state index in [4.69, 9.17) is 18.0 Å². The average Bonchev–Trinajstić information content (AvgIpc) is 2.63. The van der Waals surface area contributed by atoms with Crippen LogP contribution in [-0.2, 0) is 11.3 Å². The van der Waals surface area contributed by atoms with Gasteiger partial charge in [0.25, 0.3) is 0 Å². The Balaban J connectivity index is 2.03. The van der Waals surface area contributed by atoms with Crippen molar-refractivity contribution < 1.29 is 4.79 Å². The minimum absolute atomic E-state index is 0.0489. The van der Waals surface area contributed by atoms with Crippen molar-refractivity contribution in [1.29, 1.82) is 0 Å². The number of rotatable bonds is 2. The molecule has 1 aliphatic rings. The van der Waals surface area contributed by atoms with Crippen LogP contribution in [0.1, 0.15) is 12.0 Å². The smallest absolute Gasteiger partial charge is 0.224 e. The van der Waals surface area contributed by atoms with Crippen LogP contribution in [0.4, 0.5) is 0 Å². The summed E-state index contributed by atoms with van der Waals surface area (Å²) in [6.07, 6.45) is 7.45. The van der Waals surface area contributed by atoms with Crippen LogP contribution in [0.5, 0.6) is 0 Å². The van der Waals surface area contributed by atoms with E-state index < -0.39 is 0 Å². The van der Waals surface area contributed by atoms with Crippen molar-refractivity contribution in [1.82, 2.24) is 9.88 Å². The molecule has 1 aromatic rings. The SMILES string of the molecule is C#CC1CC(=O)N(Cc2ccc(Cl)nc2)C1. The number of hydrogen-bond acceptors (Lipinski definition) is 2. The Kier molecular flexibility index (Phi) is 3.12. The molecule has 0 bridgehead atoms. The number of pyridine rings is 1. The minimum Gasteiger partial charge on any atom is -0.337 e. The van der Waals surface area contributed by atoms with Crippen LogP contribution in [0.25, 0.3) is 0 Å². The summed E-state index contributed by atoms with van der Waals surface area (Å²) in [6, 6.07) is 3.59. The number of hydrogen-bond donors (Lipinski definition) is 0. The molecule has 0 saturated carbocycles. The molecular weight excluding hydrogens is 224 g/mol. The number of aromatic nitrogens is 1. The first-order valence-electron chi connectivity index (χ1n) is 5.03. The summed E-state index contributed by atoms with van der Waals surface area (Å²) < 4.78 is 0. The van der Waals surface area contributed by atoms with Crippen molar-refractivity contribution in [3.05, 3.63) is 29.0 Å². The topological polar surface area (TPSA) is 33.2 Å². The van der Waals surface area contributed by atoms with Crippen LogP contribution in [-0.4, -0.2) is 22.3 Å². The first-order chi connectivity index (χ1) is 7.69. The highest BCUT2D eigenvalue weighted by Gasteiger charge is 2.27. The Bertz CT molecular complexity index is 435. The fourth-order valence-corrected chi connectivity index (χ4v) is 1.87. The Morgan fingerprint density at radius 1 is 1.62 bits per heavy atom. The molecule has 4 heteroatoms. The maximum atomic E-state index is 11.6. The predicted octanol–water partition coefficient (Wildman–Crippen LogP) is 1.72. The van der Waals surface area contributed by atoms with Gasteiger partial charge < -0.3 is 4.90 Å². The van der Waals surface area contributed by atoms with E-state index in [2.05, 4.69) is 10.9 Å². The van der Waals surface area contributed by atoms with Gasteiger partial charge in [0, 0.05) is 31.6 Å². The highest BCUT2D eigenvalue weighted by Crippen LogP contribution is 2.19. The molecular formula is C12H11ClN2O. The Morgan fingerprint density at radius 2 is 2.44 bits per heavy atom. The van der Waals surface area contributed by atoms with Crippen molar-refractivity contribution >= 4 is 17.5 Å². The van der Waals surface area contributed by atoms with Crippen LogP contribution in [0, 0.1) is 18.3 Å². The van der Waals surface area contributed by atoms with Gasteiger partial charge in [0.1, 0.15) is 5.15 Å². The van der Waals surface area contributed by atoms with E-state index in [9.17, 15) is 4.79 Å². The number of amides is 1. The van der Waals surface area contributed by atoms with Gasteiger partial charge in [-0.25, -0.2) is 4.98 Å². The van der Waals surface area contributed by atoms with Crippen molar-refractivity contribution in [3.8, 4) is 12.3 Å². The number of terminal acetylenes is 1. The molecule has 0 N–H and O–H groups in total. The fourth-order valence-electron chi connectivity index (χ4n) is 1.76. The Hall–Kier alpha value is -1.53. The first kappa shape index (κ1) is 11.0. The van der Waals surface area contributed by atoms with E-state index >= 15 is 0 Å². The summed E-state index contributed by atoms with van der Waals surface area (Å²) in [5.74, 6) is 2.78. The number of nitrogens with zero attached hydrogens (tertiary/aromatic N) is 2. The quantitative estimate of drug-likeness (QED) is 0.577. The Labute approximate surface area is 99.4 Å². The van der Waals surface area contributed by atoms with Crippen LogP contribution in [0.2, 0.25) is 5.15 Å². The number of carbonyl (C=O) groups is 1. The van der Waals surface area contributed by atoms with Gasteiger partial charge in [-0.2, -0.15) is 0 Å². The maximum absolute atomic E-state index is 11.6. The second-order valence-electron chi connectivity index (χ2n) is 3.83. The third-order valence-electron chi connectivity index (χ3n) is 2.61. The summed E-state index contributed by atoms with van der Waals surface area (Å²) in [5, 5.41) is 0.456. The van der Waals surface area contributed by atoms with E-state index in [1.165, 1.54) is 0 Å². The van der Waals surface area contributed by atoms with E-state index in [1.54, 1.807) is 17.2 Å². The van der Waals surface area contributed by atoms with E-state index in [-0.39, 0.29) is 11.8 Å². The fraction of sp³-hybridized carbons (Fsp3) is 0.333. The number of halogens is 1. The van der Waals surface area contributed by atoms with Crippen molar-refractivity contribution in [2.24, 2.45) is 5.92 Å². The standard InChI is InChI=1S/C12H11ClN2O/c1-2-9-5-12(16)15(7-9)8-10-3-4-11(13)14-6-10/h1,3-4,6,9H,5,7-8H2. The van der Waals surface area contributed by atoms with Gasteiger partial charge in [0.05, 0.1) is 0 Å². The lowest BCUT2D eigenvalue weighted by molar-refractivity contribution is -0.128. The van der Waals surface area contributed by atoms with Crippen molar-refractivity contribution in [2.45, 2.75) is 13.0 Å². The third kappa shape index (κ3) is 2.34. The summed E-state index contributed by atoms with van der Waals surface area (Å²) in [4.78, 5) is 17.3. The summed E-state index contributed by atoms with van der Waals surface area (Å²) in [5.41, 5.74) is 0.968. The second-order valence-corrected chi connectivity index (χ2v) is 4.22. The third-order valence-corrected chi connectivity index (χ3v) is 2.84. The van der Waals surface area contributed by atoms with Gasteiger partial charge in [-0.05, 0) is 11.6 Å². The molecule has 0 aliphatic carbocycles.